The molecule has 0 aliphatic heterocycles. The molecule has 0 nitrogen and oxygen atoms in total. The van der Waals surface area contributed by atoms with Crippen molar-refractivity contribution >= 4 is 0 Å². The molecule has 0 N–H and O–H groups in total. The first-order chi connectivity index (χ1) is 13.2. The van der Waals surface area contributed by atoms with Crippen LogP contribution in [0.15, 0.2) is 78.9 Å². The molecule has 0 radical (unpaired) electrons. The monoisotopic (exact) mass is 362 g/mol. The highest BCUT2D eigenvalue weighted by Gasteiger charge is 2.16. The standard InChI is InChI=1S/C21H20.3C2H6/c1-16-8-12-19(13-9-16)21(18-6-4-3-5-7-18)20-14-10-17(2)11-15-20;3*1-2/h3-15,21H,1-2H3;3*1-2H3. The van der Waals surface area contributed by atoms with E-state index in [-0.39, 0.29) is 0 Å². The third-order valence-electron chi connectivity index (χ3n) is 3.95. The van der Waals surface area contributed by atoms with Gasteiger partial charge in [0.2, 0.25) is 0 Å². The Morgan fingerprint density at radius 2 is 0.704 bits per heavy atom. The van der Waals surface area contributed by atoms with Crippen molar-refractivity contribution in [3.05, 3.63) is 107 Å². The molecule has 0 atom stereocenters. The molecule has 146 valence electrons. The zero-order valence-electron chi connectivity index (χ0n) is 18.6. The summed E-state index contributed by atoms with van der Waals surface area (Å²) in [5.41, 5.74) is 6.63. The van der Waals surface area contributed by atoms with Crippen molar-refractivity contribution in [2.75, 3.05) is 0 Å². The molecule has 0 saturated carbocycles. The van der Waals surface area contributed by atoms with Crippen LogP contribution >= 0.6 is 0 Å². The lowest BCUT2D eigenvalue weighted by Crippen LogP contribution is -2.03. The van der Waals surface area contributed by atoms with Gasteiger partial charge in [-0.15, -0.1) is 0 Å². The fraction of sp³-hybridized carbons (Fsp3) is 0.333. The Hall–Kier alpha value is -2.34. The second-order valence-corrected chi connectivity index (χ2v) is 5.67. The third kappa shape index (κ3) is 7.83. The van der Waals surface area contributed by atoms with Gasteiger partial charge in [0.1, 0.15) is 0 Å². The molecule has 0 aliphatic carbocycles. The molecule has 0 fully saturated rings. The molecule has 0 bridgehead atoms. The van der Waals surface area contributed by atoms with Gasteiger partial charge in [0.25, 0.3) is 0 Å². The van der Waals surface area contributed by atoms with E-state index in [0.717, 1.165) is 0 Å². The molecule has 0 amide bonds. The summed E-state index contributed by atoms with van der Waals surface area (Å²) in [4.78, 5) is 0. The summed E-state index contributed by atoms with van der Waals surface area (Å²) < 4.78 is 0. The van der Waals surface area contributed by atoms with Crippen molar-refractivity contribution in [2.45, 2.75) is 61.3 Å². The lowest BCUT2D eigenvalue weighted by Gasteiger charge is -2.19. The van der Waals surface area contributed by atoms with Crippen LogP contribution in [0.2, 0.25) is 0 Å². The Labute approximate surface area is 168 Å². The van der Waals surface area contributed by atoms with Crippen LogP contribution in [0.25, 0.3) is 0 Å². The first kappa shape index (κ1) is 24.7. The molecule has 0 aromatic heterocycles. The lowest BCUT2D eigenvalue weighted by atomic mass is 9.85. The summed E-state index contributed by atoms with van der Waals surface area (Å²) in [6.07, 6.45) is 0. The normalized spacial score (nSPS) is 9.07. The second-order valence-electron chi connectivity index (χ2n) is 5.67. The van der Waals surface area contributed by atoms with Crippen LogP contribution in [0.5, 0.6) is 0 Å². The van der Waals surface area contributed by atoms with Gasteiger partial charge in [-0.2, -0.15) is 0 Å². The zero-order valence-corrected chi connectivity index (χ0v) is 18.6. The first-order valence-corrected chi connectivity index (χ1v) is 10.4. The molecule has 0 saturated heterocycles. The van der Waals surface area contributed by atoms with Crippen molar-refractivity contribution in [3.8, 4) is 0 Å². The van der Waals surface area contributed by atoms with Crippen molar-refractivity contribution in [2.24, 2.45) is 0 Å². The van der Waals surface area contributed by atoms with Crippen molar-refractivity contribution in [3.63, 3.8) is 0 Å². The molecule has 3 aromatic rings. The Morgan fingerprint density at radius 3 is 1.04 bits per heavy atom. The van der Waals surface area contributed by atoms with Gasteiger partial charge in [-0.1, -0.05) is 132 Å². The van der Waals surface area contributed by atoms with Crippen LogP contribution in [0.4, 0.5) is 0 Å². The van der Waals surface area contributed by atoms with Gasteiger partial charge >= 0.3 is 0 Å². The summed E-state index contributed by atoms with van der Waals surface area (Å²) in [5, 5.41) is 0. The molecule has 0 heteroatoms. The molecular weight excluding hydrogens is 324 g/mol. The summed E-state index contributed by atoms with van der Waals surface area (Å²) >= 11 is 0. The van der Waals surface area contributed by atoms with E-state index in [1.54, 1.807) is 0 Å². The van der Waals surface area contributed by atoms with E-state index in [1.807, 2.05) is 41.5 Å². The Balaban J connectivity index is 0.00000103. The highest BCUT2D eigenvalue weighted by atomic mass is 14.2. The second kappa shape index (κ2) is 14.8. The summed E-state index contributed by atoms with van der Waals surface area (Å²) in [7, 11) is 0. The van der Waals surface area contributed by atoms with Gasteiger partial charge in [-0.25, -0.2) is 0 Å². The van der Waals surface area contributed by atoms with Crippen LogP contribution in [-0.2, 0) is 0 Å². The van der Waals surface area contributed by atoms with Crippen molar-refractivity contribution < 1.29 is 0 Å². The molecule has 0 unspecified atom stereocenters. The van der Waals surface area contributed by atoms with E-state index < -0.39 is 0 Å². The van der Waals surface area contributed by atoms with E-state index in [0.29, 0.717) is 5.92 Å². The summed E-state index contributed by atoms with van der Waals surface area (Å²) in [6.45, 7) is 16.3. The van der Waals surface area contributed by atoms with E-state index in [1.165, 1.54) is 27.8 Å². The minimum atomic E-state index is 0.299. The smallest absolute Gasteiger partial charge is 0.0339 e. The highest BCUT2D eigenvalue weighted by molar-refractivity contribution is 5.44. The third-order valence-corrected chi connectivity index (χ3v) is 3.95. The first-order valence-electron chi connectivity index (χ1n) is 10.4. The lowest BCUT2D eigenvalue weighted by molar-refractivity contribution is 0.974. The predicted octanol–water partition coefficient (Wildman–Crippen LogP) is 8.56. The fourth-order valence-electron chi connectivity index (χ4n) is 2.74. The van der Waals surface area contributed by atoms with Gasteiger partial charge in [-0.3, -0.25) is 0 Å². The van der Waals surface area contributed by atoms with Crippen molar-refractivity contribution in [1.82, 2.24) is 0 Å². The number of hydrogen-bond acceptors (Lipinski definition) is 0. The van der Waals surface area contributed by atoms with Gasteiger partial charge in [0.05, 0.1) is 0 Å². The van der Waals surface area contributed by atoms with E-state index >= 15 is 0 Å². The van der Waals surface area contributed by atoms with Crippen LogP contribution in [0.3, 0.4) is 0 Å². The predicted molar refractivity (Wildman–Crippen MR) is 124 cm³/mol. The van der Waals surface area contributed by atoms with Gasteiger partial charge in [-0.05, 0) is 30.5 Å². The molecule has 0 spiro atoms. The maximum atomic E-state index is 2.24. The number of rotatable bonds is 3. The Kier molecular flexibility index (Phi) is 13.5. The maximum Gasteiger partial charge on any atom is 0.0339 e. The highest BCUT2D eigenvalue weighted by Crippen LogP contribution is 2.32. The number of aryl methyl sites for hydroxylation is 2. The topological polar surface area (TPSA) is 0 Å². The molecular formula is C27H38. The fourth-order valence-corrected chi connectivity index (χ4v) is 2.74. The summed E-state index contributed by atoms with van der Waals surface area (Å²) in [5.74, 6) is 0.299. The average Bonchev–Trinajstić information content (AvgIpc) is 2.76. The maximum absolute atomic E-state index is 2.24. The quantitative estimate of drug-likeness (QED) is 0.409. The van der Waals surface area contributed by atoms with E-state index in [2.05, 4.69) is 92.7 Å². The molecule has 3 aromatic carbocycles. The average molecular weight is 363 g/mol. The molecule has 27 heavy (non-hydrogen) atoms. The van der Waals surface area contributed by atoms with E-state index in [9.17, 15) is 0 Å². The van der Waals surface area contributed by atoms with E-state index in [4.69, 9.17) is 0 Å². The number of hydrogen-bond donors (Lipinski definition) is 0. The van der Waals surface area contributed by atoms with Gasteiger partial charge in [0, 0.05) is 5.92 Å². The SMILES string of the molecule is CC.CC.CC.Cc1ccc(C(c2ccccc2)c2ccc(C)cc2)cc1. The van der Waals surface area contributed by atoms with Crippen molar-refractivity contribution in [1.29, 1.82) is 0 Å². The molecule has 0 aliphatic rings. The largest absolute Gasteiger partial charge is 0.0683 e. The van der Waals surface area contributed by atoms with Crippen LogP contribution in [0.1, 0.15) is 75.3 Å². The van der Waals surface area contributed by atoms with Gasteiger partial charge in [0.15, 0.2) is 0 Å². The number of benzene rings is 3. The minimum Gasteiger partial charge on any atom is -0.0683 e. The Morgan fingerprint density at radius 1 is 0.407 bits per heavy atom. The Bertz CT molecular complexity index is 646. The van der Waals surface area contributed by atoms with Crippen LogP contribution in [0, 0.1) is 13.8 Å². The molecule has 3 rings (SSSR count). The summed E-state index contributed by atoms with van der Waals surface area (Å²) in [6, 6.07) is 28.5. The van der Waals surface area contributed by atoms with Gasteiger partial charge < -0.3 is 0 Å². The molecule has 0 heterocycles. The minimum absolute atomic E-state index is 0.299. The van der Waals surface area contributed by atoms with Crippen LogP contribution < -0.4 is 0 Å². The van der Waals surface area contributed by atoms with Crippen LogP contribution in [-0.4, -0.2) is 0 Å². The zero-order chi connectivity index (χ0) is 20.7.